The van der Waals surface area contributed by atoms with Crippen molar-refractivity contribution < 1.29 is 59.8 Å². The van der Waals surface area contributed by atoms with Crippen molar-refractivity contribution >= 4 is 45.4 Å². The van der Waals surface area contributed by atoms with E-state index in [1.54, 1.807) is 51.9 Å². The number of likely N-dealkylation sites (tertiary alicyclic amines) is 1. The van der Waals surface area contributed by atoms with Crippen LogP contribution >= 0.6 is 0 Å². The van der Waals surface area contributed by atoms with Gasteiger partial charge in [0.15, 0.2) is 0 Å². The van der Waals surface area contributed by atoms with Crippen molar-refractivity contribution in [3.8, 4) is 0 Å². The molecule has 1 aromatic rings. The van der Waals surface area contributed by atoms with Crippen molar-refractivity contribution in [2.24, 2.45) is 17.8 Å². The number of sulfonamides is 1. The molecule has 0 aromatic heterocycles. The van der Waals surface area contributed by atoms with Gasteiger partial charge >= 0.3 is 18.2 Å². The normalized spacial score (nSPS) is 18.3. The van der Waals surface area contributed by atoms with Gasteiger partial charge in [-0.3, -0.25) is 19.2 Å². The van der Waals surface area contributed by atoms with Crippen molar-refractivity contribution in [2.45, 2.75) is 128 Å². The first-order valence-electron chi connectivity index (χ1n) is 18.5. The minimum Gasteiger partial charge on any atom is -0.444 e. The van der Waals surface area contributed by atoms with Gasteiger partial charge in [-0.2, -0.15) is 13.2 Å². The fraction of sp³-hybridized carbons (Fsp3) is 0.703. The van der Waals surface area contributed by atoms with Crippen LogP contribution in [0.2, 0.25) is 0 Å². The van der Waals surface area contributed by atoms with Crippen LogP contribution in [0.1, 0.15) is 81.1 Å². The Balaban J connectivity index is 2.25. The molecule has 0 radical (unpaired) electrons. The van der Waals surface area contributed by atoms with Gasteiger partial charge in [0.1, 0.15) is 11.6 Å². The average molecular weight is 822 g/mol. The summed E-state index contributed by atoms with van der Waals surface area (Å²) in [7, 11) is -0.111. The minimum absolute atomic E-state index is 0.141. The van der Waals surface area contributed by atoms with Gasteiger partial charge in [0, 0.05) is 33.5 Å². The van der Waals surface area contributed by atoms with Gasteiger partial charge in [0.2, 0.25) is 17.7 Å². The summed E-state index contributed by atoms with van der Waals surface area (Å²) in [6.07, 6.45) is -6.11. The molecule has 1 aliphatic rings. The van der Waals surface area contributed by atoms with Gasteiger partial charge in [-0.25, -0.2) is 17.9 Å². The summed E-state index contributed by atoms with van der Waals surface area (Å²) < 4.78 is 82.8. The number of methoxy groups -OCH3 is 2. The van der Waals surface area contributed by atoms with E-state index in [1.165, 1.54) is 26.0 Å². The largest absolute Gasteiger partial charge is 0.471 e. The SMILES string of the molecule is CCC(C)C(C(CC(=O)N1CCCC1C(OC)C(C)C(=O)NS(=O)(=O)c1ccc(NC(=O)C(F)(F)F)cc1)OC)N(C)C(=O)C(NC(=O)OC(C)(C)C)C(C)C. The van der Waals surface area contributed by atoms with Gasteiger partial charge < -0.3 is 34.6 Å². The number of nitrogens with one attached hydrogen (secondary N) is 3. The lowest BCUT2D eigenvalue weighted by Crippen LogP contribution is -2.58. The third-order valence-electron chi connectivity index (χ3n) is 9.78. The number of alkyl carbamates (subject to hydrolysis) is 1. The van der Waals surface area contributed by atoms with Crippen molar-refractivity contribution in [3.05, 3.63) is 24.3 Å². The molecule has 0 bridgehead atoms. The van der Waals surface area contributed by atoms with E-state index in [-0.39, 0.29) is 35.8 Å². The Kier molecular flexibility index (Phi) is 17.2. The molecule has 3 N–H and O–H groups in total. The Morgan fingerprint density at radius 1 is 0.982 bits per heavy atom. The maximum atomic E-state index is 14.1. The van der Waals surface area contributed by atoms with Gasteiger partial charge in [0.05, 0.1) is 41.5 Å². The van der Waals surface area contributed by atoms with Gasteiger partial charge in [-0.1, -0.05) is 41.0 Å². The molecule has 19 heteroatoms. The van der Waals surface area contributed by atoms with Gasteiger partial charge in [0.25, 0.3) is 10.0 Å². The Bertz CT molecular complexity index is 1640. The van der Waals surface area contributed by atoms with E-state index in [2.05, 4.69) is 5.32 Å². The van der Waals surface area contributed by atoms with Crippen LogP contribution < -0.4 is 15.4 Å². The monoisotopic (exact) mass is 821 g/mol. The van der Waals surface area contributed by atoms with Crippen LogP contribution in [-0.4, -0.2) is 118 Å². The predicted molar refractivity (Wildman–Crippen MR) is 201 cm³/mol. The molecule has 7 atom stereocenters. The standard InChI is InChI=1S/C37H58F3N5O10S/c1-12-22(4)30(44(9)33(48)29(21(2)3)42-35(50)55-36(6,7)8)27(53-10)20-28(46)45-19-13-14-26(45)31(54-11)23(5)32(47)43-56(51,52)25-17-15-24(16-18-25)41-34(49)37(38,39)40/h15-18,21-23,26-27,29-31H,12-14,19-20H2,1-11H3,(H,41,49)(H,42,50)(H,43,47). The average Bonchev–Trinajstić information content (AvgIpc) is 3.58. The summed E-state index contributed by atoms with van der Waals surface area (Å²) in [5, 5.41) is 4.30. The number of hydrogen-bond acceptors (Lipinski definition) is 10. The molecular weight excluding hydrogens is 763 g/mol. The van der Waals surface area contributed by atoms with Crippen LogP contribution in [0.3, 0.4) is 0 Å². The molecule has 0 spiro atoms. The molecule has 1 fully saturated rings. The van der Waals surface area contributed by atoms with Crippen molar-refractivity contribution in [1.29, 1.82) is 0 Å². The van der Waals surface area contributed by atoms with Crippen molar-refractivity contribution in [3.63, 3.8) is 0 Å². The fourth-order valence-electron chi connectivity index (χ4n) is 6.68. The summed E-state index contributed by atoms with van der Waals surface area (Å²) in [6.45, 7) is 14.4. The van der Waals surface area contributed by atoms with Crippen LogP contribution in [0.25, 0.3) is 0 Å². The van der Waals surface area contributed by atoms with Gasteiger partial charge in [-0.05, 0) is 69.7 Å². The fourth-order valence-corrected chi connectivity index (χ4v) is 7.74. The van der Waals surface area contributed by atoms with Crippen molar-refractivity contribution in [1.82, 2.24) is 19.8 Å². The molecule has 318 valence electrons. The van der Waals surface area contributed by atoms with E-state index < -0.39 is 80.9 Å². The number of benzene rings is 1. The van der Waals surface area contributed by atoms with Crippen LogP contribution in [-0.2, 0) is 43.4 Å². The number of halogens is 3. The molecular formula is C37H58F3N5O10S. The lowest BCUT2D eigenvalue weighted by molar-refractivity contribution is -0.167. The molecule has 1 saturated heterocycles. The molecule has 0 saturated carbocycles. The molecule has 1 aromatic carbocycles. The first-order valence-corrected chi connectivity index (χ1v) is 19.9. The number of nitrogens with zero attached hydrogens (tertiary/aromatic N) is 2. The Morgan fingerprint density at radius 3 is 2.05 bits per heavy atom. The van der Waals surface area contributed by atoms with Crippen LogP contribution in [0.15, 0.2) is 29.2 Å². The molecule has 15 nitrogen and oxygen atoms in total. The number of likely N-dealkylation sites (N-methyl/N-ethyl adjacent to an activating group) is 1. The lowest BCUT2D eigenvalue weighted by atomic mass is 9.89. The number of amides is 5. The number of hydrogen-bond donors (Lipinski definition) is 3. The second kappa shape index (κ2) is 19.9. The number of anilines is 1. The van der Waals surface area contributed by atoms with Gasteiger partial charge in [-0.15, -0.1) is 0 Å². The van der Waals surface area contributed by atoms with E-state index in [0.29, 0.717) is 25.8 Å². The second-order valence-corrected chi connectivity index (χ2v) is 17.1. The molecule has 0 aliphatic carbocycles. The van der Waals surface area contributed by atoms with Crippen LogP contribution in [0, 0.1) is 17.8 Å². The first-order chi connectivity index (χ1) is 25.8. The Morgan fingerprint density at radius 2 is 1.57 bits per heavy atom. The number of rotatable bonds is 17. The summed E-state index contributed by atoms with van der Waals surface area (Å²) in [5.41, 5.74) is -1.09. The number of ether oxygens (including phenoxy) is 3. The Labute approximate surface area is 327 Å². The lowest BCUT2D eigenvalue weighted by Gasteiger charge is -2.40. The zero-order chi connectivity index (χ0) is 42.9. The molecule has 1 aliphatic heterocycles. The third-order valence-corrected chi connectivity index (χ3v) is 11.1. The molecule has 7 unspecified atom stereocenters. The maximum absolute atomic E-state index is 14.1. The summed E-state index contributed by atoms with van der Waals surface area (Å²) in [5.74, 6) is -5.44. The van der Waals surface area contributed by atoms with E-state index in [9.17, 15) is 45.6 Å². The zero-order valence-corrected chi connectivity index (χ0v) is 34.8. The van der Waals surface area contributed by atoms with E-state index in [4.69, 9.17) is 14.2 Å². The summed E-state index contributed by atoms with van der Waals surface area (Å²) in [4.78, 5) is 67.9. The van der Waals surface area contributed by atoms with E-state index in [1.807, 2.05) is 18.6 Å². The third kappa shape index (κ3) is 13.0. The quantitative estimate of drug-likeness (QED) is 0.202. The van der Waals surface area contributed by atoms with Crippen molar-refractivity contribution in [2.75, 3.05) is 33.1 Å². The zero-order valence-electron chi connectivity index (χ0n) is 34.0. The highest BCUT2D eigenvalue weighted by Crippen LogP contribution is 2.30. The minimum atomic E-state index is -5.15. The first kappa shape index (κ1) is 48.2. The summed E-state index contributed by atoms with van der Waals surface area (Å²) >= 11 is 0. The highest BCUT2D eigenvalue weighted by Gasteiger charge is 2.43. The predicted octanol–water partition coefficient (Wildman–Crippen LogP) is 4.46. The second-order valence-electron chi connectivity index (χ2n) is 15.4. The molecule has 5 amide bonds. The highest BCUT2D eigenvalue weighted by atomic mass is 32.2. The van der Waals surface area contributed by atoms with Crippen LogP contribution in [0.5, 0.6) is 0 Å². The molecule has 2 rings (SSSR count). The number of alkyl halides is 3. The number of carbonyl (C=O) groups excluding carboxylic acids is 5. The van der Waals surface area contributed by atoms with Crippen LogP contribution in [0.4, 0.5) is 23.7 Å². The van der Waals surface area contributed by atoms with E-state index in [0.717, 1.165) is 24.3 Å². The summed E-state index contributed by atoms with van der Waals surface area (Å²) in [6, 6.07) is 1.61. The topological polar surface area (TPSA) is 190 Å². The number of carbonyl (C=O) groups is 5. The smallest absolute Gasteiger partial charge is 0.444 e. The van der Waals surface area contributed by atoms with E-state index >= 15 is 0 Å². The highest BCUT2D eigenvalue weighted by molar-refractivity contribution is 7.90. The molecule has 1 heterocycles. The molecule has 56 heavy (non-hydrogen) atoms. The maximum Gasteiger partial charge on any atom is 0.471 e. The Hall–Kier alpha value is -3.97.